The van der Waals surface area contributed by atoms with E-state index in [2.05, 4.69) is 0 Å². The topological polar surface area (TPSA) is 35.2 Å². The summed E-state index contributed by atoms with van der Waals surface area (Å²) in [6.07, 6.45) is 0.602. The van der Waals surface area contributed by atoms with Gasteiger partial charge in [-0.15, -0.1) is 0 Å². The van der Waals surface area contributed by atoms with E-state index >= 15 is 0 Å². The van der Waals surface area contributed by atoms with Crippen LogP contribution >= 0.6 is 0 Å². The molecule has 4 heteroatoms. The zero-order chi connectivity index (χ0) is 11.1. The molecule has 15 heavy (non-hydrogen) atoms. The van der Waals surface area contributed by atoms with Crippen LogP contribution in [0.4, 0.5) is 8.78 Å². The lowest BCUT2D eigenvalue weighted by Crippen LogP contribution is -2.21. The van der Waals surface area contributed by atoms with Crippen LogP contribution in [0.25, 0.3) is 0 Å². The van der Waals surface area contributed by atoms with Crippen LogP contribution in [-0.4, -0.2) is 19.8 Å². The zero-order valence-corrected chi connectivity index (χ0v) is 8.46. The normalized spacial score (nSPS) is 11.7. The smallest absolute Gasteiger partial charge is 0.296 e. The predicted molar refractivity (Wildman–Crippen MR) is 54.8 cm³/mol. The molecule has 2 nitrogen and oxygen atoms in total. The summed E-state index contributed by atoms with van der Waals surface area (Å²) in [5, 5.41) is 0. The third-order valence-electron chi connectivity index (χ3n) is 1.97. The van der Waals surface area contributed by atoms with Gasteiger partial charge in [-0.25, -0.2) is 0 Å². The summed E-state index contributed by atoms with van der Waals surface area (Å²) >= 11 is 0. The zero-order valence-electron chi connectivity index (χ0n) is 8.46. The van der Waals surface area contributed by atoms with Crippen molar-refractivity contribution >= 4 is 0 Å². The maximum Gasteiger partial charge on any atom is 0.296 e. The van der Waals surface area contributed by atoms with Crippen molar-refractivity contribution in [3.63, 3.8) is 0 Å². The van der Waals surface area contributed by atoms with E-state index in [1.807, 2.05) is 0 Å². The van der Waals surface area contributed by atoms with Crippen LogP contribution in [0, 0.1) is 0 Å². The molecule has 0 atom stereocenters. The lowest BCUT2D eigenvalue weighted by atomic mass is 10.1. The number of halogens is 2. The second-order valence-electron chi connectivity index (χ2n) is 3.27. The van der Waals surface area contributed by atoms with E-state index < -0.39 is 12.5 Å². The van der Waals surface area contributed by atoms with E-state index in [4.69, 9.17) is 10.5 Å². The fourth-order valence-electron chi connectivity index (χ4n) is 1.15. The van der Waals surface area contributed by atoms with Gasteiger partial charge < -0.3 is 10.5 Å². The maximum atomic E-state index is 13.4. The highest BCUT2D eigenvalue weighted by molar-refractivity contribution is 5.19. The number of hydrogen-bond acceptors (Lipinski definition) is 2. The van der Waals surface area contributed by atoms with Crippen LogP contribution in [0.15, 0.2) is 30.3 Å². The van der Waals surface area contributed by atoms with E-state index in [0.29, 0.717) is 13.0 Å². The first kappa shape index (κ1) is 12.1. The van der Waals surface area contributed by atoms with Gasteiger partial charge in [-0.05, 0) is 13.0 Å². The molecule has 0 aromatic heterocycles. The van der Waals surface area contributed by atoms with Gasteiger partial charge in [0.25, 0.3) is 5.92 Å². The maximum absolute atomic E-state index is 13.4. The molecule has 1 aromatic carbocycles. The van der Waals surface area contributed by atoms with Crippen molar-refractivity contribution in [3.8, 4) is 0 Å². The number of alkyl halides is 2. The second-order valence-corrected chi connectivity index (χ2v) is 3.27. The third-order valence-corrected chi connectivity index (χ3v) is 1.97. The highest BCUT2D eigenvalue weighted by Gasteiger charge is 2.31. The van der Waals surface area contributed by atoms with Crippen molar-refractivity contribution in [2.24, 2.45) is 5.73 Å². The molecular weight excluding hydrogens is 200 g/mol. The van der Waals surface area contributed by atoms with E-state index in [-0.39, 0.29) is 12.2 Å². The average Bonchev–Trinajstić information content (AvgIpc) is 2.26. The minimum Gasteiger partial charge on any atom is -0.375 e. The quantitative estimate of drug-likeness (QED) is 0.738. The number of benzene rings is 1. The molecule has 0 saturated carbocycles. The largest absolute Gasteiger partial charge is 0.375 e. The Hall–Kier alpha value is -1.00. The molecule has 1 rings (SSSR count). The lowest BCUT2D eigenvalue weighted by molar-refractivity contribution is -0.0826. The first-order chi connectivity index (χ1) is 7.17. The van der Waals surface area contributed by atoms with Crippen LogP contribution in [0.5, 0.6) is 0 Å². The van der Waals surface area contributed by atoms with Crippen LogP contribution in [0.2, 0.25) is 0 Å². The highest BCUT2D eigenvalue weighted by atomic mass is 19.3. The van der Waals surface area contributed by atoms with Gasteiger partial charge in [0, 0.05) is 12.2 Å². The molecule has 0 amide bonds. The molecule has 84 valence electrons. The molecule has 0 radical (unpaired) electrons. The molecule has 0 heterocycles. The van der Waals surface area contributed by atoms with Gasteiger partial charge in [0.1, 0.15) is 6.61 Å². The summed E-state index contributed by atoms with van der Waals surface area (Å²) in [6.45, 7) is 0.146. The molecule has 0 spiro atoms. The number of rotatable bonds is 6. The van der Waals surface area contributed by atoms with Gasteiger partial charge in [-0.2, -0.15) is 8.78 Å². The van der Waals surface area contributed by atoms with E-state index in [0.717, 1.165) is 0 Å². The molecule has 0 unspecified atom stereocenters. The molecule has 1 aromatic rings. The summed E-state index contributed by atoms with van der Waals surface area (Å²) in [5.74, 6) is -2.92. The molecular formula is C11H15F2NO. The first-order valence-corrected chi connectivity index (χ1v) is 4.88. The van der Waals surface area contributed by atoms with Crippen LogP contribution in [0.1, 0.15) is 12.0 Å². The lowest BCUT2D eigenvalue weighted by Gasteiger charge is -2.16. The Bertz CT molecular complexity index is 277. The SMILES string of the molecule is NCCCOCC(F)(F)c1ccccc1. The summed E-state index contributed by atoms with van der Waals surface area (Å²) in [6, 6.07) is 7.67. The van der Waals surface area contributed by atoms with Gasteiger partial charge in [-0.3, -0.25) is 0 Å². The van der Waals surface area contributed by atoms with Crippen LogP contribution in [-0.2, 0) is 10.7 Å². The van der Waals surface area contributed by atoms with E-state index in [9.17, 15) is 8.78 Å². The molecule has 2 N–H and O–H groups in total. The molecule has 0 bridgehead atoms. The molecule has 0 fully saturated rings. The van der Waals surface area contributed by atoms with Crippen molar-refractivity contribution < 1.29 is 13.5 Å². The first-order valence-electron chi connectivity index (χ1n) is 4.88. The molecule has 0 saturated heterocycles. The van der Waals surface area contributed by atoms with Gasteiger partial charge in [0.2, 0.25) is 0 Å². The average molecular weight is 215 g/mol. The minimum atomic E-state index is -2.92. The van der Waals surface area contributed by atoms with Gasteiger partial charge >= 0.3 is 0 Å². The predicted octanol–water partition coefficient (Wildman–Crippen LogP) is 2.14. The van der Waals surface area contributed by atoms with Gasteiger partial charge in [0.05, 0.1) is 0 Å². The second kappa shape index (κ2) is 5.78. The summed E-state index contributed by atoms with van der Waals surface area (Å²) < 4.78 is 31.7. The molecule has 0 aliphatic rings. The third kappa shape index (κ3) is 3.93. The van der Waals surface area contributed by atoms with Crippen molar-refractivity contribution in [1.82, 2.24) is 0 Å². The highest BCUT2D eigenvalue weighted by Crippen LogP contribution is 2.27. The fourth-order valence-corrected chi connectivity index (χ4v) is 1.15. The Morgan fingerprint density at radius 2 is 1.87 bits per heavy atom. The molecule has 0 aliphatic heterocycles. The number of nitrogens with two attached hydrogens (primary N) is 1. The van der Waals surface area contributed by atoms with Crippen LogP contribution < -0.4 is 5.73 Å². The van der Waals surface area contributed by atoms with Crippen LogP contribution in [0.3, 0.4) is 0 Å². The summed E-state index contributed by atoms with van der Waals surface area (Å²) in [5.41, 5.74) is 5.21. The van der Waals surface area contributed by atoms with E-state index in [1.54, 1.807) is 18.2 Å². The van der Waals surface area contributed by atoms with Gasteiger partial charge in [0.15, 0.2) is 0 Å². The number of ether oxygens (including phenoxy) is 1. The van der Waals surface area contributed by atoms with Crippen molar-refractivity contribution in [3.05, 3.63) is 35.9 Å². The fraction of sp³-hybridized carbons (Fsp3) is 0.455. The Balaban J connectivity index is 2.45. The Kier molecular flexibility index (Phi) is 4.65. The summed E-state index contributed by atoms with van der Waals surface area (Å²) in [4.78, 5) is 0. The van der Waals surface area contributed by atoms with E-state index in [1.165, 1.54) is 12.1 Å². The Morgan fingerprint density at radius 1 is 1.20 bits per heavy atom. The Labute approximate surface area is 88.0 Å². The Morgan fingerprint density at radius 3 is 2.47 bits per heavy atom. The minimum absolute atomic E-state index is 0.0160. The van der Waals surface area contributed by atoms with Crippen molar-refractivity contribution in [2.75, 3.05) is 19.8 Å². The van der Waals surface area contributed by atoms with Crippen molar-refractivity contribution in [1.29, 1.82) is 0 Å². The number of hydrogen-bond donors (Lipinski definition) is 1. The molecule has 0 aliphatic carbocycles. The van der Waals surface area contributed by atoms with Crippen molar-refractivity contribution in [2.45, 2.75) is 12.3 Å². The standard InChI is InChI=1S/C11H15F2NO/c12-11(13,9-15-8-4-7-14)10-5-2-1-3-6-10/h1-3,5-6H,4,7-9,14H2. The van der Waals surface area contributed by atoms with Gasteiger partial charge in [-0.1, -0.05) is 30.3 Å². The summed E-state index contributed by atoms with van der Waals surface area (Å²) in [7, 11) is 0. The monoisotopic (exact) mass is 215 g/mol.